The highest BCUT2D eigenvalue weighted by Crippen LogP contribution is 2.40. The molecule has 2 heterocycles. The first-order chi connectivity index (χ1) is 15.3. The van der Waals surface area contributed by atoms with E-state index in [1.807, 2.05) is 38.1 Å². The zero-order chi connectivity index (χ0) is 23.0. The Morgan fingerprint density at radius 3 is 2.56 bits per heavy atom. The summed E-state index contributed by atoms with van der Waals surface area (Å²) in [6, 6.07) is 11.0. The van der Waals surface area contributed by atoms with Crippen molar-refractivity contribution in [1.29, 1.82) is 0 Å². The SMILES string of the molecule is Cc1ccc(NC(=O)CN2C(=O)[C@H]3CCCCN3c3ccc(C(=O)N(C)C)cc32)c(C)c1. The first kappa shape index (κ1) is 21.9. The van der Waals surface area contributed by atoms with Crippen LogP contribution in [0.3, 0.4) is 0 Å². The minimum absolute atomic E-state index is 0.0811. The van der Waals surface area contributed by atoms with Crippen LogP contribution in [-0.2, 0) is 9.59 Å². The van der Waals surface area contributed by atoms with Crippen molar-refractivity contribution in [2.24, 2.45) is 0 Å². The van der Waals surface area contributed by atoms with Crippen molar-refractivity contribution in [2.45, 2.75) is 39.2 Å². The van der Waals surface area contributed by atoms with Crippen molar-refractivity contribution in [1.82, 2.24) is 4.90 Å². The van der Waals surface area contributed by atoms with Crippen LogP contribution in [0.5, 0.6) is 0 Å². The topological polar surface area (TPSA) is 73.0 Å². The number of nitrogens with zero attached hydrogens (tertiary/aromatic N) is 3. The molecule has 2 aliphatic heterocycles. The van der Waals surface area contributed by atoms with Crippen molar-refractivity contribution in [3.63, 3.8) is 0 Å². The third kappa shape index (κ3) is 4.07. The fourth-order valence-corrected chi connectivity index (χ4v) is 4.60. The second-order valence-electron chi connectivity index (χ2n) is 8.90. The Bertz CT molecular complexity index is 1080. The lowest BCUT2D eigenvalue weighted by Gasteiger charge is -2.45. The smallest absolute Gasteiger partial charge is 0.253 e. The second kappa shape index (κ2) is 8.65. The highest BCUT2D eigenvalue weighted by Gasteiger charge is 2.40. The average molecular weight is 435 g/mol. The highest BCUT2D eigenvalue weighted by molar-refractivity contribution is 6.11. The van der Waals surface area contributed by atoms with Crippen molar-refractivity contribution in [3.05, 3.63) is 53.1 Å². The van der Waals surface area contributed by atoms with Gasteiger partial charge < -0.3 is 15.1 Å². The monoisotopic (exact) mass is 434 g/mol. The van der Waals surface area contributed by atoms with Gasteiger partial charge >= 0.3 is 0 Å². The maximum Gasteiger partial charge on any atom is 0.253 e. The molecular weight excluding hydrogens is 404 g/mol. The maximum atomic E-state index is 13.4. The second-order valence-corrected chi connectivity index (χ2v) is 8.90. The van der Waals surface area contributed by atoms with E-state index in [0.717, 1.165) is 48.3 Å². The summed E-state index contributed by atoms with van der Waals surface area (Å²) in [5.41, 5.74) is 4.86. The number of benzene rings is 2. The number of anilines is 3. The van der Waals surface area contributed by atoms with Gasteiger partial charge in [0.15, 0.2) is 0 Å². The van der Waals surface area contributed by atoms with Gasteiger partial charge in [0.25, 0.3) is 5.91 Å². The molecule has 2 aromatic carbocycles. The molecular formula is C25H30N4O3. The van der Waals surface area contributed by atoms with Crippen LogP contribution < -0.4 is 15.1 Å². The van der Waals surface area contributed by atoms with Crippen molar-refractivity contribution in [3.8, 4) is 0 Å². The van der Waals surface area contributed by atoms with E-state index in [9.17, 15) is 14.4 Å². The number of nitrogens with one attached hydrogen (secondary N) is 1. The third-order valence-electron chi connectivity index (χ3n) is 6.24. The molecule has 1 saturated heterocycles. The molecule has 1 N–H and O–H groups in total. The summed E-state index contributed by atoms with van der Waals surface area (Å²) in [6.07, 6.45) is 2.78. The van der Waals surface area contributed by atoms with E-state index in [-0.39, 0.29) is 30.3 Å². The standard InChI is InChI=1S/C25H30N4O3/c1-16-8-10-19(17(2)13-16)26-23(30)15-29-22-14-18(24(31)27(3)4)9-11-20(22)28-12-6-5-7-21(28)25(29)32/h8-11,13-14,21H,5-7,12,15H2,1-4H3,(H,26,30)/t21-/m1/s1. The van der Waals surface area contributed by atoms with E-state index in [1.54, 1.807) is 31.1 Å². The van der Waals surface area contributed by atoms with Crippen LogP contribution in [0.25, 0.3) is 0 Å². The number of amides is 3. The Morgan fingerprint density at radius 1 is 1.06 bits per heavy atom. The van der Waals surface area contributed by atoms with Crippen molar-refractivity contribution >= 4 is 34.8 Å². The number of carbonyl (C=O) groups is 3. The van der Waals surface area contributed by atoms with Crippen molar-refractivity contribution < 1.29 is 14.4 Å². The molecule has 0 bridgehead atoms. The molecule has 0 aromatic heterocycles. The predicted octanol–water partition coefficient (Wildman–Crippen LogP) is 3.35. The highest BCUT2D eigenvalue weighted by atomic mass is 16.2. The van der Waals surface area contributed by atoms with Gasteiger partial charge in [-0.3, -0.25) is 19.3 Å². The van der Waals surface area contributed by atoms with Crippen LogP contribution in [0.2, 0.25) is 0 Å². The fraction of sp³-hybridized carbons (Fsp3) is 0.400. The number of hydrogen-bond acceptors (Lipinski definition) is 4. The van der Waals surface area contributed by atoms with Crippen LogP contribution in [0.1, 0.15) is 40.7 Å². The molecule has 1 fully saturated rings. The largest absolute Gasteiger partial charge is 0.358 e. The maximum absolute atomic E-state index is 13.4. The summed E-state index contributed by atoms with van der Waals surface area (Å²) < 4.78 is 0. The molecule has 4 rings (SSSR count). The zero-order valence-corrected chi connectivity index (χ0v) is 19.1. The lowest BCUT2D eigenvalue weighted by Crippen LogP contribution is -2.56. The van der Waals surface area contributed by atoms with Gasteiger partial charge in [0, 0.05) is 31.9 Å². The van der Waals surface area contributed by atoms with Crippen LogP contribution >= 0.6 is 0 Å². The first-order valence-electron chi connectivity index (χ1n) is 11.1. The lowest BCUT2D eigenvalue weighted by atomic mass is 9.95. The summed E-state index contributed by atoms with van der Waals surface area (Å²) >= 11 is 0. The quantitative estimate of drug-likeness (QED) is 0.801. The Balaban J connectivity index is 1.67. The molecule has 2 aliphatic rings. The summed E-state index contributed by atoms with van der Waals surface area (Å²) in [5.74, 6) is -0.479. The molecule has 1 atom stereocenters. The van der Waals surface area contributed by atoms with Gasteiger partial charge in [0.2, 0.25) is 11.8 Å². The van der Waals surface area contributed by atoms with E-state index in [1.165, 1.54) is 4.90 Å². The molecule has 7 heteroatoms. The van der Waals surface area contributed by atoms with E-state index in [0.29, 0.717) is 11.3 Å². The molecule has 0 unspecified atom stereocenters. The van der Waals surface area contributed by atoms with Crippen LogP contribution in [0.15, 0.2) is 36.4 Å². The van der Waals surface area contributed by atoms with Gasteiger partial charge in [-0.1, -0.05) is 17.7 Å². The first-order valence-corrected chi connectivity index (χ1v) is 11.1. The van der Waals surface area contributed by atoms with E-state index in [4.69, 9.17) is 0 Å². The molecule has 7 nitrogen and oxygen atoms in total. The van der Waals surface area contributed by atoms with Crippen LogP contribution in [0.4, 0.5) is 17.1 Å². The number of piperidine rings is 1. The molecule has 2 aromatic rings. The number of rotatable bonds is 4. The number of carbonyl (C=O) groups excluding carboxylic acids is 3. The van der Waals surface area contributed by atoms with Crippen LogP contribution in [0, 0.1) is 13.8 Å². The number of aryl methyl sites for hydroxylation is 2. The third-order valence-corrected chi connectivity index (χ3v) is 6.24. The minimum Gasteiger partial charge on any atom is -0.358 e. The van der Waals surface area contributed by atoms with E-state index < -0.39 is 0 Å². The Labute approximate surface area is 189 Å². The minimum atomic E-state index is -0.263. The molecule has 0 aliphatic carbocycles. The molecule has 0 radical (unpaired) electrons. The molecule has 168 valence electrons. The summed E-state index contributed by atoms with van der Waals surface area (Å²) in [6.45, 7) is 4.66. The van der Waals surface area contributed by atoms with Gasteiger partial charge in [-0.05, 0) is 62.9 Å². The molecule has 3 amide bonds. The summed E-state index contributed by atoms with van der Waals surface area (Å²) in [7, 11) is 3.39. The molecule has 0 saturated carbocycles. The predicted molar refractivity (Wildman–Crippen MR) is 126 cm³/mol. The summed E-state index contributed by atoms with van der Waals surface area (Å²) in [5, 5.41) is 2.94. The van der Waals surface area contributed by atoms with Gasteiger partial charge in [-0.2, -0.15) is 0 Å². The van der Waals surface area contributed by atoms with Gasteiger partial charge in [-0.25, -0.2) is 0 Å². The van der Waals surface area contributed by atoms with Gasteiger partial charge in [-0.15, -0.1) is 0 Å². The van der Waals surface area contributed by atoms with Gasteiger partial charge in [0.05, 0.1) is 11.4 Å². The van der Waals surface area contributed by atoms with Crippen LogP contribution in [-0.4, -0.2) is 55.8 Å². The average Bonchev–Trinajstić information content (AvgIpc) is 2.77. The van der Waals surface area contributed by atoms with E-state index >= 15 is 0 Å². The normalized spacial score (nSPS) is 17.5. The lowest BCUT2D eigenvalue weighted by molar-refractivity contribution is -0.123. The molecule has 32 heavy (non-hydrogen) atoms. The fourth-order valence-electron chi connectivity index (χ4n) is 4.60. The van der Waals surface area contributed by atoms with E-state index in [2.05, 4.69) is 10.2 Å². The molecule has 0 spiro atoms. The Hall–Kier alpha value is -3.35. The summed E-state index contributed by atoms with van der Waals surface area (Å²) in [4.78, 5) is 44.2. The zero-order valence-electron chi connectivity index (χ0n) is 19.1. The number of hydrogen-bond donors (Lipinski definition) is 1. The Morgan fingerprint density at radius 2 is 1.84 bits per heavy atom. The number of fused-ring (bicyclic) bond motifs is 3. The van der Waals surface area contributed by atoms with Gasteiger partial charge in [0.1, 0.15) is 12.6 Å². The Kier molecular flexibility index (Phi) is 5.91. The van der Waals surface area contributed by atoms with Crippen molar-refractivity contribution in [2.75, 3.05) is 42.3 Å².